The highest BCUT2D eigenvalue weighted by atomic mass is 127. The van der Waals surface area contributed by atoms with Gasteiger partial charge in [0.05, 0.1) is 5.33 Å². The van der Waals surface area contributed by atoms with Crippen molar-refractivity contribution in [1.29, 1.82) is 0 Å². The van der Waals surface area contributed by atoms with Crippen molar-refractivity contribution in [1.82, 2.24) is 0 Å². The first-order valence-corrected chi connectivity index (χ1v) is 6.76. The lowest BCUT2D eigenvalue weighted by molar-refractivity contribution is -0.126. The summed E-state index contributed by atoms with van der Waals surface area (Å²) in [6.07, 6.45) is -2.71. The molecule has 0 spiro atoms. The maximum atomic E-state index is 13.1. The lowest BCUT2D eigenvalue weighted by atomic mass is 9.79. The molecule has 1 atom stereocenters. The molecule has 0 aliphatic rings. The minimum absolute atomic E-state index is 0.0701. The van der Waals surface area contributed by atoms with Crippen LogP contribution in [0.5, 0.6) is 0 Å². The molecular formula is C11H10BrF2IO. The minimum Gasteiger partial charge on any atom is -0.298 e. The Balaban J connectivity index is 3.27. The Kier molecular flexibility index (Phi) is 4.85. The van der Waals surface area contributed by atoms with E-state index in [1.165, 1.54) is 6.92 Å². The van der Waals surface area contributed by atoms with E-state index in [0.717, 1.165) is 3.57 Å². The van der Waals surface area contributed by atoms with Crippen LogP contribution in [0, 0.1) is 3.57 Å². The Hall–Kier alpha value is -0.0400. The summed E-state index contributed by atoms with van der Waals surface area (Å²) in [6.45, 7) is 1.28. The summed E-state index contributed by atoms with van der Waals surface area (Å²) >= 11 is 4.99. The summed E-state index contributed by atoms with van der Waals surface area (Å²) < 4.78 is 27.0. The standard InChI is InChI=1S/C11H10BrF2IO/c1-11(10(13)14,9(16)6-12)7-3-2-4-8(15)5-7/h2-5,10H,6H2,1H3. The van der Waals surface area contributed by atoms with Gasteiger partial charge in [-0.05, 0) is 47.2 Å². The molecule has 0 N–H and O–H groups in total. The number of hydrogen-bond donors (Lipinski definition) is 0. The number of carbonyl (C=O) groups excluding carboxylic acids is 1. The molecule has 1 unspecified atom stereocenters. The third-order valence-corrected chi connectivity index (χ3v) is 3.74. The second-order valence-electron chi connectivity index (χ2n) is 3.57. The van der Waals surface area contributed by atoms with E-state index in [4.69, 9.17) is 0 Å². The molecule has 0 aromatic heterocycles. The lowest BCUT2D eigenvalue weighted by Gasteiger charge is -2.27. The highest BCUT2D eigenvalue weighted by molar-refractivity contribution is 14.1. The summed E-state index contributed by atoms with van der Waals surface area (Å²) in [7, 11) is 0. The highest BCUT2D eigenvalue weighted by Crippen LogP contribution is 2.33. The Bertz CT molecular complexity index is 397. The van der Waals surface area contributed by atoms with Gasteiger partial charge in [-0.25, -0.2) is 8.78 Å². The molecule has 0 radical (unpaired) electrons. The minimum atomic E-state index is -2.71. The van der Waals surface area contributed by atoms with Gasteiger partial charge in [-0.1, -0.05) is 28.1 Å². The molecule has 0 amide bonds. The first-order valence-electron chi connectivity index (χ1n) is 4.56. The zero-order valence-electron chi connectivity index (χ0n) is 8.51. The van der Waals surface area contributed by atoms with Crippen LogP contribution in [0.2, 0.25) is 0 Å². The van der Waals surface area contributed by atoms with Gasteiger partial charge in [0.15, 0.2) is 5.78 Å². The molecule has 1 rings (SSSR count). The molecule has 0 fully saturated rings. The zero-order valence-corrected chi connectivity index (χ0v) is 12.3. The molecule has 88 valence electrons. The SMILES string of the molecule is CC(C(=O)CBr)(c1cccc(I)c1)C(F)F. The van der Waals surface area contributed by atoms with Crippen molar-refractivity contribution in [2.24, 2.45) is 0 Å². The molecule has 0 aliphatic carbocycles. The van der Waals surface area contributed by atoms with Gasteiger partial charge in [-0.3, -0.25) is 4.79 Å². The Morgan fingerprint density at radius 1 is 1.56 bits per heavy atom. The van der Waals surface area contributed by atoms with E-state index in [2.05, 4.69) is 15.9 Å². The first kappa shape index (κ1) is 14.0. The summed E-state index contributed by atoms with van der Waals surface area (Å²) in [5.74, 6) is -0.510. The van der Waals surface area contributed by atoms with Gasteiger partial charge in [0, 0.05) is 3.57 Å². The van der Waals surface area contributed by atoms with Gasteiger partial charge in [0.2, 0.25) is 0 Å². The summed E-state index contributed by atoms with van der Waals surface area (Å²) in [4.78, 5) is 11.7. The van der Waals surface area contributed by atoms with E-state index in [1.54, 1.807) is 24.3 Å². The topological polar surface area (TPSA) is 17.1 Å². The molecule has 0 saturated carbocycles. The number of rotatable bonds is 4. The summed E-state index contributed by atoms with van der Waals surface area (Å²) in [5.41, 5.74) is -1.37. The maximum absolute atomic E-state index is 13.1. The smallest absolute Gasteiger partial charge is 0.254 e. The molecule has 1 aromatic carbocycles. The third-order valence-electron chi connectivity index (χ3n) is 2.56. The number of ketones is 1. The van der Waals surface area contributed by atoms with E-state index in [0.29, 0.717) is 5.56 Å². The van der Waals surface area contributed by atoms with Crippen LogP contribution in [0.15, 0.2) is 24.3 Å². The van der Waals surface area contributed by atoms with Gasteiger partial charge in [-0.2, -0.15) is 0 Å². The monoisotopic (exact) mass is 402 g/mol. The number of benzene rings is 1. The second-order valence-corrected chi connectivity index (χ2v) is 5.38. The van der Waals surface area contributed by atoms with E-state index in [1.807, 2.05) is 22.6 Å². The number of carbonyl (C=O) groups is 1. The van der Waals surface area contributed by atoms with Crippen molar-refractivity contribution < 1.29 is 13.6 Å². The molecule has 0 bridgehead atoms. The lowest BCUT2D eigenvalue weighted by Crippen LogP contribution is -2.40. The van der Waals surface area contributed by atoms with Crippen LogP contribution in [0.3, 0.4) is 0 Å². The van der Waals surface area contributed by atoms with Crippen molar-refractivity contribution in [2.45, 2.75) is 18.8 Å². The van der Waals surface area contributed by atoms with Gasteiger partial charge in [-0.15, -0.1) is 0 Å². The Morgan fingerprint density at radius 2 is 2.19 bits per heavy atom. The van der Waals surface area contributed by atoms with Crippen LogP contribution in [-0.2, 0) is 10.2 Å². The van der Waals surface area contributed by atoms with Crippen LogP contribution in [0.1, 0.15) is 12.5 Å². The molecule has 0 heterocycles. The fraction of sp³-hybridized carbons (Fsp3) is 0.364. The van der Waals surface area contributed by atoms with Crippen molar-refractivity contribution >= 4 is 44.3 Å². The van der Waals surface area contributed by atoms with Crippen LogP contribution in [-0.4, -0.2) is 17.5 Å². The van der Waals surface area contributed by atoms with Crippen LogP contribution < -0.4 is 0 Å². The molecule has 0 saturated heterocycles. The average Bonchev–Trinajstić information content (AvgIpc) is 2.26. The van der Waals surface area contributed by atoms with Crippen LogP contribution in [0.25, 0.3) is 0 Å². The molecule has 0 aliphatic heterocycles. The first-order chi connectivity index (χ1) is 7.42. The van der Waals surface area contributed by atoms with E-state index >= 15 is 0 Å². The largest absolute Gasteiger partial charge is 0.298 e. The Labute approximate surface area is 115 Å². The number of halogens is 4. The summed E-state index contributed by atoms with van der Waals surface area (Å²) in [6, 6.07) is 6.66. The van der Waals surface area contributed by atoms with E-state index in [9.17, 15) is 13.6 Å². The second kappa shape index (κ2) is 5.53. The van der Waals surface area contributed by atoms with E-state index < -0.39 is 17.6 Å². The number of Topliss-reactive ketones (excluding diaryl/α,β-unsaturated/α-hetero) is 1. The normalized spacial score (nSPS) is 14.9. The predicted molar refractivity (Wildman–Crippen MR) is 71.3 cm³/mol. The molecule has 5 heteroatoms. The fourth-order valence-electron chi connectivity index (χ4n) is 1.36. The van der Waals surface area contributed by atoms with E-state index in [-0.39, 0.29) is 5.33 Å². The quantitative estimate of drug-likeness (QED) is 0.553. The van der Waals surface area contributed by atoms with Crippen LogP contribution >= 0.6 is 38.5 Å². The third kappa shape index (κ3) is 2.61. The van der Waals surface area contributed by atoms with Crippen molar-refractivity contribution in [3.8, 4) is 0 Å². The molecular weight excluding hydrogens is 393 g/mol. The highest BCUT2D eigenvalue weighted by Gasteiger charge is 2.43. The Morgan fingerprint density at radius 3 is 2.62 bits per heavy atom. The zero-order chi connectivity index (χ0) is 12.3. The van der Waals surface area contributed by atoms with Crippen molar-refractivity contribution in [2.75, 3.05) is 5.33 Å². The van der Waals surface area contributed by atoms with Gasteiger partial charge in [0.1, 0.15) is 5.41 Å². The van der Waals surface area contributed by atoms with Gasteiger partial charge < -0.3 is 0 Å². The van der Waals surface area contributed by atoms with Crippen LogP contribution in [0.4, 0.5) is 8.78 Å². The molecule has 16 heavy (non-hydrogen) atoms. The number of alkyl halides is 3. The molecule has 1 nitrogen and oxygen atoms in total. The van der Waals surface area contributed by atoms with Crippen molar-refractivity contribution in [3.05, 3.63) is 33.4 Å². The van der Waals surface area contributed by atoms with Crippen molar-refractivity contribution in [3.63, 3.8) is 0 Å². The number of hydrogen-bond acceptors (Lipinski definition) is 1. The predicted octanol–water partition coefficient (Wildman–Crippen LogP) is 3.78. The van der Waals surface area contributed by atoms with Gasteiger partial charge >= 0.3 is 0 Å². The summed E-state index contributed by atoms with van der Waals surface area (Å²) in [5, 5.41) is -0.0701. The maximum Gasteiger partial charge on any atom is 0.254 e. The average molecular weight is 403 g/mol. The molecule has 1 aromatic rings. The fourth-order valence-corrected chi connectivity index (χ4v) is 2.48. The van der Waals surface area contributed by atoms with Gasteiger partial charge in [0.25, 0.3) is 6.43 Å².